The number of halogens is 4. The number of hydrogen-bond donors (Lipinski definition) is 1. The van der Waals surface area contributed by atoms with Crippen molar-refractivity contribution in [2.75, 3.05) is 12.4 Å². The third-order valence-corrected chi connectivity index (χ3v) is 5.21. The molecule has 0 radical (unpaired) electrons. The van der Waals surface area contributed by atoms with Crippen LogP contribution in [0.3, 0.4) is 0 Å². The summed E-state index contributed by atoms with van der Waals surface area (Å²) >= 11 is 16.9. The number of nitrogens with one attached hydrogen (secondary N) is 1. The second-order valence-corrected chi connectivity index (χ2v) is 8.00. The van der Waals surface area contributed by atoms with Gasteiger partial charge >= 0.3 is 0 Å². The fourth-order valence-electron chi connectivity index (χ4n) is 1.43. The molecule has 114 valence electrons. The van der Waals surface area contributed by atoms with Crippen molar-refractivity contribution in [3.8, 4) is 0 Å². The first-order valence-electron chi connectivity index (χ1n) is 5.80. The van der Waals surface area contributed by atoms with E-state index in [0.29, 0.717) is 12.3 Å². The van der Waals surface area contributed by atoms with E-state index in [-0.39, 0.29) is 21.9 Å². The van der Waals surface area contributed by atoms with Crippen LogP contribution in [0.5, 0.6) is 0 Å². The van der Waals surface area contributed by atoms with Crippen molar-refractivity contribution in [2.24, 2.45) is 5.41 Å². The van der Waals surface area contributed by atoms with E-state index < -0.39 is 20.9 Å². The molecule has 1 rings (SSSR count). The zero-order chi connectivity index (χ0) is 15.6. The molecule has 0 aromatic heterocycles. The summed E-state index contributed by atoms with van der Waals surface area (Å²) in [6.07, 6.45) is 0.639. The van der Waals surface area contributed by atoms with E-state index in [2.05, 4.69) is 4.72 Å². The van der Waals surface area contributed by atoms with Gasteiger partial charge in [-0.2, -0.15) is 0 Å². The van der Waals surface area contributed by atoms with E-state index in [1.165, 1.54) is 6.07 Å². The highest BCUT2D eigenvalue weighted by Crippen LogP contribution is 2.30. The molecule has 0 fully saturated rings. The molecule has 8 heteroatoms. The van der Waals surface area contributed by atoms with Gasteiger partial charge in [-0.25, -0.2) is 17.5 Å². The summed E-state index contributed by atoms with van der Waals surface area (Å²) in [5.74, 6) is -0.526. The van der Waals surface area contributed by atoms with Crippen LogP contribution in [0, 0.1) is 11.2 Å². The smallest absolute Gasteiger partial charge is 0.211 e. The van der Waals surface area contributed by atoms with E-state index in [4.69, 9.17) is 34.8 Å². The monoisotopic (exact) mass is 361 g/mol. The molecular formula is C12H15Cl3FNO2S. The van der Waals surface area contributed by atoms with E-state index >= 15 is 0 Å². The first-order chi connectivity index (χ1) is 9.10. The Hall–Kier alpha value is -0.0700. The Morgan fingerprint density at radius 2 is 1.90 bits per heavy atom. The quantitative estimate of drug-likeness (QED) is 0.612. The molecule has 3 nitrogen and oxygen atoms in total. The van der Waals surface area contributed by atoms with Crippen LogP contribution in [0.2, 0.25) is 10.0 Å². The summed E-state index contributed by atoms with van der Waals surface area (Å²) in [5.41, 5.74) is -0.313. The lowest BCUT2D eigenvalue weighted by molar-refractivity contribution is 0.352. The maximum atomic E-state index is 13.5. The van der Waals surface area contributed by atoms with Crippen LogP contribution >= 0.6 is 34.8 Å². The molecule has 0 unspecified atom stereocenters. The maximum absolute atomic E-state index is 13.5. The average Bonchev–Trinajstić information content (AvgIpc) is 2.34. The van der Waals surface area contributed by atoms with Crippen LogP contribution in [0.4, 0.5) is 4.39 Å². The first kappa shape index (κ1) is 18.0. The summed E-state index contributed by atoms with van der Waals surface area (Å²) in [4.78, 5) is -0.331. The zero-order valence-electron chi connectivity index (χ0n) is 11.0. The zero-order valence-corrected chi connectivity index (χ0v) is 14.1. The first-order valence-corrected chi connectivity index (χ1v) is 8.57. The predicted molar refractivity (Wildman–Crippen MR) is 80.7 cm³/mol. The number of alkyl halides is 1. The van der Waals surface area contributed by atoms with E-state index in [9.17, 15) is 12.8 Å². The van der Waals surface area contributed by atoms with Crippen LogP contribution in [0.1, 0.15) is 20.3 Å². The molecule has 0 aliphatic heterocycles. The van der Waals surface area contributed by atoms with E-state index in [0.717, 1.165) is 6.07 Å². The molecule has 0 saturated heterocycles. The van der Waals surface area contributed by atoms with Gasteiger partial charge in [0.15, 0.2) is 5.82 Å². The highest BCUT2D eigenvalue weighted by atomic mass is 35.5. The lowest BCUT2D eigenvalue weighted by Gasteiger charge is -2.23. The Morgan fingerprint density at radius 1 is 1.30 bits per heavy atom. The molecule has 0 aliphatic carbocycles. The maximum Gasteiger partial charge on any atom is 0.242 e. The average molecular weight is 363 g/mol. The molecule has 20 heavy (non-hydrogen) atoms. The Kier molecular flexibility index (Phi) is 6.11. The number of sulfonamides is 1. The summed E-state index contributed by atoms with van der Waals surface area (Å²) in [5, 5.41) is -0.739. The van der Waals surface area contributed by atoms with E-state index in [1.54, 1.807) is 0 Å². The Labute approximate surface area is 133 Å². The van der Waals surface area contributed by atoms with E-state index in [1.807, 2.05) is 13.8 Å². The third-order valence-electron chi connectivity index (χ3n) is 2.80. The van der Waals surface area contributed by atoms with Gasteiger partial charge in [-0.05, 0) is 24.0 Å². The molecule has 0 bridgehead atoms. The van der Waals surface area contributed by atoms with Gasteiger partial charge in [0.25, 0.3) is 0 Å². The van der Waals surface area contributed by atoms with Crippen molar-refractivity contribution in [1.29, 1.82) is 0 Å². The molecule has 1 aromatic rings. The van der Waals surface area contributed by atoms with Gasteiger partial charge in [0, 0.05) is 12.4 Å². The van der Waals surface area contributed by atoms with Crippen molar-refractivity contribution in [2.45, 2.75) is 25.2 Å². The Morgan fingerprint density at radius 3 is 2.45 bits per heavy atom. The van der Waals surface area contributed by atoms with Crippen LogP contribution in [-0.2, 0) is 10.0 Å². The normalized spacial score (nSPS) is 12.7. The molecule has 1 N–H and O–H groups in total. The number of rotatable bonds is 6. The van der Waals surface area contributed by atoms with Gasteiger partial charge in [0.2, 0.25) is 10.0 Å². The van der Waals surface area contributed by atoms with Crippen LogP contribution < -0.4 is 4.72 Å². The van der Waals surface area contributed by atoms with Crippen molar-refractivity contribution in [1.82, 2.24) is 4.72 Å². The van der Waals surface area contributed by atoms with Gasteiger partial charge in [-0.1, -0.05) is 37.0 Å². The van der Waals surface area contributed by atoms with Gasteiger partial charge < -0.3 is 0 Å². The standard InChI is InChI=1S/C12H15Cl3FNO2S/c1-12(2,5-6-13)7-17-20(18,19)9-4-3-8(14)11(16)10(9)15/h3-4,17H,5-7H2,1-2H3. The molecule has 0 heterocycles. The second-order valence-electron chi connectivity index (χ2n) is 5.10. The highest BCUT2D eigenvalue weighted by molar-refractivity contribution is 7.89. The topological polar surface area (TPSA) is 46.2 Å². The fourth-order valence-corrected chi connectivity index (χ4v) is 3.92. The van der Waals surface area contributed by atoms with Gasteiger partial charge in [0.05, 0.1) is 10.0 Å². The Bertz CT molecular complexity index is 591. The molecule has 0 aliphatic rings. The van der Waals surface area contributed by atoms with Crippen molar-refractivity contribution < 1.29 is 12.8 Å². The number of hydrogen-bond acceptors (Lipinski definition) is 2. The molecule has 1 aromatic carbocycles. The lowest BCUT2D eigenvalue weighted by atomic mass is 9.91. The predicted octanol–water partition coefficient (Wildman–Crippen LogP) is 4.07. The van der Waals surface area contributed by atoms with Crippen LogP contribution in [-0.4, -0.2) is 20.8 Å². The van der Waals surface area contributed by atoms with Gasteiger partial charge in [0.1, 0.15) is 4.90 Å². The van der Waals surface area contributed by atoms with Crippen molar-refractivity contribution >= 4 is 44.8 Å². The molecular weight excluding hydrogens is 348 g/mol. The summed E-state index contributed by atoms with van der Waals surface area (Å²) < 4.78 is 40.2. The van der Waals surface area contributed by atoms with Crippen LogP contribution in [0.15, 0.2) is 17.0 Å². The minimum absolute atomic E-state index is 0.169. The largest absolute Gasteiger partial charge is 0.242 e. The second kappa shape index (κ2) is 6.79. The van der Waals surface area contributed by atoms with Crippen molar-refractivity contribution in [3.05, 3.63) is 28.0 Å². The molecule has 0 saturated carbocycles. The Balaban J connectivity index is 2.99. The SMILES string of the molecule is CC(C)(CCCl)CNS(=O)(=O)c1ccc(Cl)c(F)c1Cl. The molecule has 0 atom stereocenters. The van der Waals surface area contributed by atoms with Gasteiger partial charge in [-0.15, -0.1) is 11.6 Å². The summed E-state index contributed by atoms with van der Waals surface area (Å²) in [7, 11) is -3.91. The van der Waals surface area contributed by atoms with Crippen LogP contribution in [0.25, 0.3) is 0 Å². The van der Waals surface area contributed by atoms with Gasteiger partial charge in [-0.3, -0.25) is 0 Å². The fraction of sp³-hybridized carbons (Fsp3) is 0.500. The highest BCUT2D eigenvalue weighted by Gasteiger charge is 2.25. The molecule has 0 spiro atoms. The minimum Gasteiger partial charge on any atom is -0.211 e. The summed E-state index contributed by atoms with van der Waals surface area (Å²) in [6, 6.07) is 2.33. The summed E-state index contributed by atoms with van der Waals surface area (Å²) in [6.45, 7) is 3.92. The third kappa shape index (κ3) is 4.46. The lowest BCUT2D eigenvalue weighted by Crippen LogP contribution is -2.34. The molecule has 0 amide bonds. The minimum atomic E-state index is -3.91. The van der Waals surface area contributed by atoms with Crippen molar-refractivity contribution in [3.63, 3.8) is 0 Å². The number of benzene rings is 1.